The fourth-order valence-corrected chi connectivity index (χ4v) is 2.99. The first-order valence-corrected chi connectivity index (χ1v) is 9.65. The summed E-state index contributed by atoms with van der Waals surface area (Å²) in [5, 5.41) is 5.24. The molecule has 0 aliphatic rings. The van der Waals surface area contributed by atoms with Crippen molar-refractivity contribution in [3.8, 4) is 0 Å². The molecule has 0 saturated heterocycles. The van der Waals surface area contributed by atoms with Crippen molar-refractivity contribution in [1.82, 2.24) is 4.90 Å². The first-order chi connectivity index (χ1) is 14.4. The highest BCUT2D eigenvalue weighted by molar-refractivity contribution is 6.05. The normalized spacial score (nSPS) is 10.5. The van der Waals surface area contributed by atoms with Crippen LogP contribution in [0.5, 0.6) is 0 Å². The van der Waals surface area contributed by atoms with Crippen LogP contribution in [0.25, 0.3) is 0 Å². The molecule has 0 atom stereocenters. The Hall–Kier alpha value is -3.61. The second-order valence-electron chi connectivity index (χ2n) is 6.98. The molecule has 30 heavy (non-hydrogen) atoms. The third-order valence-electron chi connectivity index (χ3n) is 4.72. The van der Waals surface area contributed by atoms with Crippen molar-refractivity contribution in [2.24, 2.45) is 0 Å². The summed E-state index contributed by atoms with van der Waals surface area (Å²) in [7, 11) is 1.70. The molecule has 3 aromatic rings. The number of nitrogens with zero attached hydrogens (tertiary/aromatic N) is 1. The Bertz CT molecular complexity index is 1020. The Kier molecular flexibility index (Phi) is 6.85. The molecular weight excluding hydrogens is 385 g/mol. The molecule has 0 saturated carbocycles. The minimum Gasteiger partial charge on any atom is -0.469 e. The van der Waals surface area contributed by atoms with Gasteiger partial charge in [0.25, 0.3) is 5.91 Å². The molecule has 0 spiro atoms. The van der Waals surface area contributed by atoms with Crippen LogP contribution in [0.2, 0.25) is 0 Å². The number of anilines is 2. The van der Waals surface area contributed by atoms with Gasteiger partial charge in [-0.05, 0) is 49.6 Å². The number of amides is 3. The van der Waals surface area contributed by atoms with Gasteiger partial charge in [-0.3, -0.25) is 4.79 Å². The lowest BCUT2D eigenvalue weighted by molar-refractivity contribution is 0.102. The number of benzene rings is 2. The van der Waals surface area contributed by atoms with E-state index in [0.717, 1.165) is 12.8 Å². The zero-order valence-corrected chi connectivity index (χ0v) is 16.9. The summed E-state index contributed by atoms with van der Waals surface area (Å²) in [6, 6.07) is 15.3. The van der Waals surface area contributed by atoms with Crippen molar-refractivity contribution in [3.63, 3.8) is 0 Å². The quantitative estimate of drug-likeness (QED) is 0.572. The Morgan fingerprint density at radius 3 is 2.53 bits per heavy atom. The van der Waals surface area contributed by atoms with Crippen molar-refractivity contribution in [2.75, 3.05) is 24.2 Å². The van der Waals surface area contributed by atoms with Gasteiger partial charge in [-0.1, -0.05) is 30.3 Å². The smallest absolute Gasteiger partial charge is 0.321 e. The molecule has 3 rings (SSSR count). The largest absolute Gasteiger partial charge is 0.469 e. The van der Waals surface area contributed by atoms with Gasteiger partial charge in [0.2, 0.25) is 0 Å². The van der Waals surface area contributed by atoms with Crippen molar-refractivity contribution >= 4 is 23.3 Å². The van der Waals surface area contributed by atoms with E-state index in [2.05, 4.69) is 22.8 Å². The maximum absolute atomic E-state index is 14.1. The van der Waals surface area contributed by atoms with E-state index in [0.29, 0.717) is 23.6 Å². The number of hydrogen-bond acceptors (Lipinski definition) is 3. The lowest BCUT2D eigenvalue weighted by atomic mass is 10.1. The third-order valence-corrected chi connectivity index (χ3v) is 4.72. The molecule has 6 nitrogen and oxygen atoms in total. The molecular formula is C23H24FN3O3. The summed E-state index contributed by atoms with van der Waals surface area (Å²) in [5.74, 6) is -0.644. The number of halogens is 1. The number of rotatable bonds is 7. The summed E-state index contributed by atoms with van der Waals surface area (Å²) in [4.78, 5) is 26.3. The molecule has 0 aliphatic carbocycles. The maximum atomic E-state index is 14.1. The summed E-state index contributed by atoms with van der Waals surface area (Å²) in [6.45, 7) is 2.22. The summed E-state index contributed by atoms with van der Waals surface area (Å²) < 4.78 is 19.2. The maximum Gasteiger partial charge on any atom is 0.321 e. The molecule has 0 fully saturated rings. The molecule has 3 amide bonds. The van der Waals surface area contributed by atoms with Crippen molar-refractivity contribution in [2.45, 2.75) is 19.8 Å². The molecule has 0 radical (unpaired) electrons. The first kappa shape index (κ1) is 21.1. The van der Waals surface area contributed by atoms with Gasteiger partial charge >= 0.3 is 6.03 Å². The van der Waals surface area contributed by atoms with Gasteiger partial charge in [0, 0.05) is 19.3 Å². The molecule has 1 heterocycles. The number of nitrogens with one attached hydrogen (secondary N) is 2. The highest BCUT2D eigenvalue weighted by atomic mass is 19.1. The third kappa shape index (κ3) is 5.47. The van der Waals surface area contributed by atoms with Crippen molar-refractivity contribution in [1.29, 1.82) is 0 Å². The van der Waals surface area contributed by atoms with Gasteiger partial charge < -0.3 is 20.0 Å². The van der Waals surface area contributed by atoms with Gasteiger partial charge in [-0.15, -0.1) is 0 Å². The van der Waals surface area contributed by atoms with Crippen LogP contribution in [0, 0.1) is 12.7 Å². The lowest BCUT2D eigenvalue weighted by Gasteiger charge is -2.18. The molecule has 0 aliphatic heterocycles. The Morgan fingerprint density at radius 2 is 1.83 bits per heavy atom. The number of carbonyl (C=O) groups is 2. The topological polar surface area (TPSA) is 74.6 Å². The summed E-state index contributed by atoms with van der Waals surface area (Å²) in [6.07, 6.45) is 3.09. The van der Waals surface area contributed by atoms with E-state index < -0.39 is 11.7 Å². The van der Waals surface area contributed by atoms with Gasteiger partial charge in [-0.2, -0.15) is 0 Å². The van der Waals surface area contributed by atoms with Crippen LogP contribution in [0.1, 0.15) is 28.1 Å². The minimum atomic E-state index is -0.598. The molecule has 0 bridgehead atoms. The second kappa shape index (κ2) is 9.73. The molecule has 2 N–H and O–H groups in total. The monoisotopic (exact) mass is 409 g/mol. The highest BCUT2D eigenvalue weighted by Crippen LogP contribution is 2.21. The van der Waals surface area contributed by atoms with Crippen LogP contribution < -0.4 is 10.6 Å². The summed E-state index contributed by atoms with van der Waals surface area (Å²) >= 11 is 0. The minimum absolute atomic E-state index is 0.0230. The van der Waals surface area contributed by atoms with Crippen LogP contribution in [0.3, 0.4) is 0 Å². The average molecular weight is 409 g/mol. The number of urea groups is 1. The van der Waals surface area contributed by atoms with E-state index in [9.17, 15) is 14.0 Å². The molecule has 2 aromatic carbocycles. The number of aryl methyl sites for hydroxylation is 2. The van der Waals surface area contributed by atoms with Gasteiger partial charge in [0.1, 0.15) is 11.6 Å². The van der Waals surface area contributed by atoms with Gasteiger partial charge in [0.05, 0.1) is 17.5 Å². The molecule has 0 unspecified atom stereocenters. The van der Waals surface area contributed by atoms with Gasteiger partial charge in [0.15, 0.2) is 0 Å². The van der Waals surface area contributed by atoms with Crippen LogP contribution in [0.4, 0.5) is 20.6 Å². The van der Waals surface area contributed by atoms with Crippen LogP contribution in [-0.2, 0) is 6.42 Å². The molecule has 1 aromatic heterocycles. The number of hydrogen-bond donors (Lipinski definition) is 2. The zero-order chi connectivity index (χ0) is 21.5. The van der Waals surface area contributed by atoms with Crippen molar-refractivity contribution in [3.05, 3.63) is 83.6 Å². The molecule has 156 valence electrons. The van der Waals surface area contributed by atoms with E-state index in [4.69, 9.17) is 4.42 Å². The van der Waals surface area contributed by atoms with Crippen LogP contribution in [-0.4, -0.2) is 30.4 Å². The average Bonchev–Trinajstić information content (AvgIpc) is 3.17. The van der Waals surface area contributed by atoms with E-state index >= 15 is 0 Å². The SMILES string of the molecule is Cc1occc1C(=O)Nc1cc(NC(=O)N(C)CCCc2ccccc2)ccc1F. The first-order valence-electron chi connectivity index (χ1n) is 9.65. The van der Waals surface area contributed by atoms with Crippen molar-refractivity contribution < 1.29 is 18.4 Å². The van der Waals surface area contributed by atoms with E-state index in [1.165, 1.54) is 36.1 Å². The molecule has 7 heteroatoms. The van der Waals surface area contributed by atoms with Gasteiger partial charge in [-0.25, -0.2) is 9.18 Å². The number of carbonyl (C=O) groups excluding carboxylic acids is 2. The fourth-order valence-electron chi connectivity index (χ4n) is 2.99. The van der Waals surface area contributed by atoms with Crippen LogP contribution >= 0.6 is 0 Å². The van der Waals surface area contributed by atoms with Crippen LogP contribution in [0.15, 0.2) is 65.3 Å². The number of furan rings is 1. The Morgan fingerprint density at radius 1 is 1.07 bits per heavy atom. The Balaban J connectivity index is 1.56. The van der Waals surface area contributed by atoms with E-state index in [-0.39, 0.29) is 11.7 Å². The predicted octanol–water partition coefficient (Wildman–Crippen LogP) is 5.08. The predicted molar refractivity (Wildman–Crippen MR) is 114 cm³/mol. The summed E-state index contributed by atoms with van der Waals surface area (Å²) in [5.41, 5.74) is 1.90. The standard InChI is InChI=1S/C23H24FN3O3/c1-16-19(12-14-30-16)22(28)26-21-15-18(10-11-20(21)24)25-23(29)27(2)13-6-9-17-7-4-3-5-8-17/h3-5,7-8,10-12,14-15H,6,9,13H2,1-2H3,(H,25,29)(H,26,28). The second-order valence-corrected chi connectivity index (χ2v) is 6.98. The zero-order valence-electron chi connectivity index (χ0n) is 16.9. The fraction of sp³-hybridized carbons (Fsp3) is 0.217. The lowest BCUT2D eigenvalue weighted by Crippen LogP contribution is -2.32. The Labute approximate surface area is 174 Å². The van der Waals surface area contributed by atoms with E-state index in [1.54, 1.807) is 18.9 Å². The highest BCUT2D eigenvalue weighted by Gasteiger charge is 2.15. The van der Waals surface area contributed by atoms with E-state index in [1.807, 2.05) is 18.2 Å².